The van der Waals surface area contributed by atoms with Crippen LogP contribution in [0.4, 0.5) is 5.69 Å². The zero-order valence-corrected chi connectivity index (χ0v) is 12.2. The number of hydrogen-bond donors (Lipinski definition) is 2. The molecule has 0 saturated heterocycles. The molecule has 1 heterocycles. The number of nitrogens with one attached hydrogen (secondary N) is 1. The Hall–Kier alpha value is -3.34. The molecule has 0 atom stereocenters. The van der Waals surface area contributed by atoms with E-state index in [0.717, 1.165) is 11.0 Å². The summed E-state index contributed by atoms with van der Waals surface area (Å²) in [4.78, 5) is 22.9. The molecule has 0 aliphatic rings. The van der Waals surface area contributed by atoms with Crippen LogP contribution in [-0.2, 0) is 4.79 Å². The number of para-hydroxylation sites is 1. The Morgan fingerprint density at radius 1 is 1.04 bits per heavy atom. The van der Waals surface area contributed by atoms with Crippen molar-refractivity contribution in [3.8, 4) is 0 Å². The van der Waals surface area contributed by atoms with Crippen molar-refractivity contribution >= 4 is 34.5 Å². The predicted molar refractivity (Wildman–Crippen MR) is 88.8 cm³/mol. The fourth-order valence-corrected chi connectivity index (χ4v) is 2.14. The molecule has 114 valence electrons. The number of primary amides is 1. The molecule has 3 N–H and O–H groups in total. The third kappa shape index (κ3) is 3.47. The SMILES string of the molecule is NC(=O)c1ccc(NC(=O)/C=C/c2cc3ccccc3o2)cc1. The minimum Gasteiger partial charge on any atom is -0.457 e. The molecule has 0 aliphatic carbocycles. The van der Waals surface area contributed by atoms with E-state index in [2.05, 4.69) is 5.32 Å². The van der Waals surface area contributed by atoms with Gasteiger partial charge in [0.1, 0.15) is 11.3 Å². The second kappa shape index (κ2) is 6.19. The molecule has 0 aliphatic heterocycles. The van der Waals surface area contributed by atoms with E-state index in [1.165, 1.54) is 6.08 Å². The fraction of sp³-hybridized carbons (Fsp3) is 0. The van der Waals surface area contributed by atoms with Crippen molar-refractivity contribution in [2.45, 2.75) is 0 Å². The first-order valence-electron chi connectivity index (χ1n) is 6.99. The molecule has 2 amide bonds. The summed E-state index contributed by atoms with van der Waals surface area (Å²) in [6, 6.07) is 15.8. The van der Waals surface area contributed by atoms with E-state index >= 15 is 0 Å². The monoisotopic (exact) mass is 306 g/mol. The first-order chi connectivity index (χ1) is 11.1. The molecule has 0 unspecified atom stereocenters. The zero-order valence-electron chi connectivity index (χ0n) is 12.2. The zero-order chi connectivity index (χ0) is 16.2. The van der Waals surface area contributed by atoms with E-state index < -0.39 is 5.91 Å². The maximum Gasteiger partial charge on any atom is 0.248 e. The van der Waals surface area contributed by atoms with Crippen LogP contribution in [0.1, 0.15) is 16.1 Å². The minimum atomic E-state index is -0.507. The highest BCUT2D eigenvalue weighted by molar-refractivity contribution is 6.02. The fourth-order valence-electron chi connectivity index (χ4n) is 2.14. The summed E-state index contributed by atoms with van der Waals surface area (Å²) in [6.07, 6.45) is 2.99. The number of nitrogens with two attached hydrogens (primary N) is 1. The van der Waals surface area contributed by atoms with Gasteiger partial charge in [-0.25, -0.2) is 0 Å². The lowest BCUT2D eigenvalue weighted by Crippen LogP contribution is -2.11. The third-order valence-electron chi connectivity index (χ3n) is 3.28. The van der Waals surface area contributed by atoms with Gasteiger partial charge in [0.15, 0.2) is 0 Å². The van der Waals surface area contributed by atoms with Crippen LogP contribution in [-0.4, -0.2) is 11.8 Å². The predicted octanol–water partition coefficient (Wildman–Crippen LogP) is 3.18. The van der Waals surface area contributed by atoms with Crippen LogP contribution in [0.25, 0.3) is 17.0 Å². The van der Waals surface area contributed by atoms with Crippen LogP contribution in [0.5, 0.6) is 0 Å². The quantitative estimate of drug-likeness (QED) is 0.726. The van der Waals surface area contributed by atoms with Crippen molar-refractivity contribution in [3.05, 3.63) is 72.0 Å². The highest BCUT2D eigenvalue weighted by Crippen LogP contribution is 2.19. The van der Waals surface area contributed by atoms with Gasteiger partial charge in [-0.05, 0) is 42.5 Å². The number of anilines is 1. The van der Waals surface area contributed by atoms with E-state index in [1.807, 2.05) is 30.3 Å². The number of amides is 2. The third-order valence-corrected chi connectivity index (χ3v) is 3.28. The molecule has 5 heteroatoms. The Morgan fingerprint density at radius 2 is 1.78 bits per heavy atom. The Kier molecular flexibility index (Phi) is 3.93. The number of rotatable bonds is 4. The van der Waals surface area contributed by atoms with Gasteiger partial charge in [-0.2, -0.15) is 0 Å². The van der Waals surface area contributed by atoms with Gasteiger partial charge in [0.25, 0.3) is 0 Å². The van der Waals surface area contributed by atoms with Crippen LogP contribution in [0.15, 0.2) is 65.1 Å². The average molecular weight is 306 g/mol. The van der Waals surface area contributed by atoms with E-state index in [-0.39, 0.29) is 5.91 Å². The van der Waals surface area contributed by atoms with Crippen LogP contribution < -0.4 is 11.1 Å². The largest absolute Gasteiger partial charge is 0.457 e. The molecule has 0 spiro atoms. The number of carbonyl (C=O) groups excluding carboxylic acids is 2. The maximum atomic E-state index is 11.9. The molecule has 2 aromatic carbocycles. The molecule has 3 aromatic rings. The molecule has 3 rings (SSSR count). The summed E-state index contributed by atoms with van der Waals surface area (Å²) < 4.78 is 5.59. The van der Waals surface area contributed by atoms with E-state index in [1.54, 1.807) is 30.3 Å². The number of hydrogen-bond acceptors (Lipinski definition) is 3. The number of benzene rings is 2. The lowest BCUT2D eigenvalue weighted by molar-refractivity contribution is -0.111. The summed E-state index contributed by atoms with van der Waals surface area (Å²) in [6.45, 7) is 0. The molecular formula is C18H14N2O3. The summed E-state index contributed by atoms with van der Waals surface area (Å²) in [7, 11) is 0. The molecule has 23 heavy (non-hydrogen) atoms. The second-order valence-electron chi connectivity index (χ2n) is 4.95. The van der Waals surface area contributed by atoms with Crippen molar-refractivity contribution in [1.29, 1.82) is 0 Å². The maximum absolute atomic E-state index is 11.9. The van der Waals surface area contributed by atoms with Crippen LogP contribution in [0, 0.1) is 0 Å². The normalized spacial score (nSPS) is 11.0. The number of furan rings is 1. The highest BCUT2D eigenvalue weighted by atomic mass is 16.3. The molecule has 5 nitrogen and oxygen atoms in total. The lowest BCUT2D eigenvalue weighted by Gasteiger charge is -2.02. The van der Waals surface area contributed by atoms with Gasteiger partial charge in [-0.3, -0.25) is 9.59 Å². The van der Waals surface area contributed by atoms with Gasteiger partial charge in [0.2, 0.25) is 11.8 Å². The Balaban J connectivity index is 1.67. The Labute approximate surface area is 132 Å². The molecular weight excluding hydrogens is 292 g/mol. The van der Waals surface area contributed by atoms with Gasteiger partial charge in [0.05, 0.1) is 0 Å². The van der Waals surface area contributed by atoms with Crippen molar-refractivity contribution in [2.24, 2.45) is 5.73 Å². The summed E-state index contributed by atoms with van der Waals surface area (Å²) in [5.74, 6) is -0.199. The van der Waals surface area contributed by atoms with Crippen molar-refractivity contribution in [1.82, 2.24) is 0 Å². The van der Waals surface area contributed by atoms with Gasteiger partial charge < -0.3 is 15.5 Å². The lowest BCUT2D eigenvalue weighted by atomic mass is 10.2. The van der Waals surface area contributed by atoms with E-state index in [0.29, 0.717) is 17.0 Å². The minimum absolute atomic E-state index is 0.294. The first kappa shape index (κ1) is 14.6. The summed E-state index contributed by atoms with van der Waals surface area (Å²) in [5.41, 5.74) is 6.90. The molecule has 0 bridgehead atoms. The Morgan fingerprint density at radius 3 is 2.48 bits per heavy atom. The molecule has 1 aromatic heterocycles. The van der Waals surface area contributed by atoms with Gasteiger partial charge in [-0.15, -0.1) is 0 Å². The summed E-state index contributed by atoms with van der Waals surface area (Å²) >= 11 is 0. The second-order valence-corrected chi connectivity index (χ2v) is 4.95. The average Bonchev–Trinajstić information content (AvgIpc) is 2.96. The number of carbonyl (C=O) groups is 2. The van der Waals surface area contributed by atoms with Gasteiger partial charge >= 0.3 is 0 Å². The summed E-state index contributed by atoms with van der Waals surface area (Å²) in [5, 5.41) is 3.67. The highest BCUT2D eigenvalue weighted by Gasteiger charge is 2.03. The van der Waals surface area contributed by atoms with E-state index in [9.17, 15) is 9.59 Å². The van der Waals surface area contributed by atoms with Crippen LogP contribution >= 0.6 is 0 Å². The Bertz CT molecular complexity index is 859. The smallest absolute Gasteiger partial charge is 0.248 e. The topological polar surface area (TPSA) is 85.3 Å². The first-order valence-corrected chi connectivity index (χ1v) is 6.99. The van der Waals surface area contributed by atoms with Crippen LogP contribution in [0.2, 0.25) is 0 Å². The van der Waals surface area contributed by atoms with Gasteiger partial charge in [-0.1, -0.05) is 18.2 Å². The molecule has 0 saturated carbocycles. The molecule has 0 radical (unpaired) electrons. The van der Waals surface area contributed by atoms with Crippen molar-refractivity contribution < 1.29 is 14.0 Å². The van der Waals surface area contributed by atoms with Crippen LogP contribution in [0.3, 0.4) is 0 Å². The standard InChI is InChI=1S/C18H14N2O3/c19-18(22)12-5-7-14(8-6-12)20-17(21)10-9-15-11-13-3-1-2-4-16(13)23-15/h1-11H,(H2,19,22)(H,20,21)/b10-9+. The molecule has 0 fully saturated rings. The van der Waals surface area contributed by atoms with E-state index in [4.69, 9.17) is 10.2 Å². The number of fused-ring (bicyclic) bond motifs is 1. The van der Waals surface area contributed by atoms with Gasteiger partial charge in [0, 0.05) is 22.7 Å². The van der Waals surface area contributed by atoms with Crippen molar-refractivity contribution in [3.63, 3.8) is 0 Å². The van der Waals surface area contributed by atoms with Crippen molar-refractivity contribution in [2.75, 3.05) is 5.32 Å².